The third-order valence-corrected chi connectivity index (χ3v) is 14.5. The minimum atomic E-state index is -4.95. The van der Waals surface area contributed by atoms with Gasteiger partial charge in [-0.15, -0.1) is 0 Å². The lowest BCUT2D eigenvalue weighted by Gasteiger charge is -2.35. The fourth-order valence-electron chi connectivity index (χ4n) is 7.99. The smallest absolute Gasteiger partial charge is 0.427 e. The standard InChI is InChI=1S/C39H51F4N5O9S/c1-6-23-16-22(2)10-7-8-12-25-18-38(25,33(51)46-58(54,55)37(5)14-15-37)45-31(49)29-17-26(56-35(53)47-19-24-11-9-13-28(40)27(24)21-47)20-48(29)32(50)30(23)44-34(52)57-36(3,4)39(41,42)43/h8-9,11-13,22-23,25-26,29-30H,6-7,10,14-21H2,1-5H3,(H,44,52)(H,45,49)(H,46,51)/b12-8-/t22-,23-,25-,26-,29+,30+,38-/m1/s1. The quantitative estimate of drug-likeness (QED) is 0.253. The van der Waals surface area contributed by atoms with Crippen molar-refractivity contribution >= 4 is 39.9 Å². The number of rotatable bonds is 7. The van der Waals surface area contributed by atoms with E-state index < -0.39 is 97.8 Å². The van der Waals surface area contributed by atoms with Crippen LogP contribution in [-0.2, 0) is 47.0 Å². The van der Waals surface area contributed by atoms with Crippen molar-refractivity contribution in [1.82, 2.24) is 25.2 Å². The predicted octanol–water partition coefficient (Wildman–Crippen LogP) is 4.96. The van der Waals surface area contributed by atoms with Gasteiger partial charge in [-0.05, 0) is 82.8 Å². The maximum atomic E-state index is 14.8. The Bertz CT molecular complexity index is 1970. The Balaban J connectivity index is 1.32. The van der Waals surface area contributed by atoms with Gasteiger partial charge in [0.15, 0.2) is 0 Å². The van der Waals surface area contributed by atoms with Gasteiger partial charge in [-0.2, -0.15) is 13.2 Å². The summed E-state index contributed by atoms with van der Waals surface area (Å²) in [6.07, 6.45) is -2.69. The van der Waals surface area contributed by atoms with E-state index in [9.17, 15) is 50.0 Å². The van der Waals surface area contributed by atoms with Crippen molar-refractivity contribution in [1.29, 1.82) is 0 Å². The van der Waals surface area contributed by atoms with Crippen molar-refractivity contribution in [2.24, 2.45) is 17.8 Å². The van der Waals surface area contributed by atoms with Crippen LogP contribution in [0.25, 0.3) is 0 Å². The van der Waals surface area contributed by atoms with Crippen LogP contribution in [0.15, 0.2) is 30.4 Å². The molecule has 0 unspecified atom stereocenters. The molecule has 3 N–H and O–H groups in total. The van der Waals surface area contributed by atoms with Gasteiger partial charge < -0.3 is 25.0 Å². The molecule has 6 rings (SSSR count). The van der Waals surface area contributed by atoms with Crippen LogP contribution < -0.4 is 15.4 Å². The number of hydrogen-bond acceptors (Lipinski definition) is 9. The summed E-state index contributed by atoms with van der Waals surface area (Å²) in [4.78, 5) is 72.0. The second kappa shape index (κ2) is 15.6. The van der Waals surface area contributed by atoms with Crippen molar-refractivity contribution in [3.8, 4) is 0 Å². The number of nitrogens with zero attached hydrogens (tertiary/aromatic N) is 2. The number of carbonyl (C=O) groups excluding carboxylic acids is 5. The van der Waals surface area contributed by atoms with Crippen LogP contribution in [0.4, 0.5) is 27.2 Å². The van der Waals surface area contributed by atoms with Crippen LogP contribution >= 0.6 is 0 Å². The molecule has 19 heteroatoms. The number of alkyl carbamates (subject to hydrolysis) is 1. The number of sulfonamides is 1. The number of allylic oxidation sites excluding steroid dienone is 1. The van der Waals surface area contributed by atoms with E-state index in [1.165, 1.54) is 24.0 Å². The van der Waals surface area contributed by atoms with Crippen LogP contribution in [0, 0.1) is 23.6 Å². The zero-order chi connectivity index (χ0) is 42.6. The van der Waals surface area contributed by atoms with Crippen LogP contribution in [0.2, 0.25) is 0 Å². The number of halogens is 4. The molecule has 1 saturated heterocycles. The average Bonchev–Trinajstić information content (AvgIpc) is 3.92. The van der Waals surface area contributed by atoms with Crippen molar-refractivity contribution in [3.05, 3.63) is 47.3 Å². The van der Waals surface area contributed by atoms with E-state index in [1.807, 2.05) is 13.0 Å². The Morgan fingerprint density at radius 2 is 1.79 bits per heavy atom. The molecule has 14 nitrogen and oxygen atoms in total. The number of benzene rings is 1. The number of nitrogens with one attached hydrogen (secondary N) is 3. The first-order valence-corrected chi connectivity index (χ1v) is 21.1. The minimum Gasteiger partial charge on any atom is -0.444 e. The zero-order valence-electron chi connectivity index (χ0n) is 33.1. The second-order valence-corrected chi connectivity index (χ2v) is 19.4. The highest BCUT2D eigenvalue weighted by atomic mass is 32.2. The number of amides is 5. The Morgan fingerprint density at radius 3 is 2.43 bits per heavy atom. The Labute approximate surface area is 334 Å². The van der Waals surface area contributed by atoms with E-state index in [4.69, 9.17) is 9.47 Å². The van der Waals surface area contributed by atoms with E-state index in [0.29, 0.717) is 57.1 Å². The lowest BCUT2D eigenvalue weighted by molar-refractivity contribution is -0.244. The van der Waals surface area contributed by atoms with Crippen LogP contribution in [0.1, 0.15) is 97.1 Å². The molecule has 3 fully saturated rings. The van der Waals surface area contributed by atoms with Gasteiger partial charge in [0, 0.05) is 24.4 Å². The summed E-state index contributed by atoms with van der Waals surface area (Å²) in [5.74, 6) is -4.50. The van der Waals surface area contributed by atoms with Crippen molar-refractivity contribution in [2.75, 3.05) is 6.54 Å². The van der Waals surface area contributed by atoms with E-state index in [-0.39, 0.29) is 44.8 Å². The molecule has 5 aliphatic rings. The van der Waals surface area contributed by atoms with Gasteiger partial charge in [-0.25, -0.2) is 22.4 Å². The maximum absolute atomic E-state index is 14.8. The van der Waals surface area contributed by atoms with Gasteiger partial charge in [-0.3, -0.25) is 24.0 Å². The first-order valence-electron chi connectivity index (χ1n) is 19.6. The van der Waals surface area contributed by atoms with Gasteiger partial charge in [0.05, 0.1) is 17.8 Å². The molecule has 3 aliphatic heterocycles. The number of fused-ring (bicyclic) bond motifs is 3. The van der Waals surface area contributed by atoms with Crippen molar-refractivity contribution in [3.63, 3.8) is 0 Å². The second-order valence-electron chi connectivity index (χ2n) is 17.2. The van der Waals surface area contributed by atoms with Crippen LogP contribution in [0.3, 0.4) is 0 Å². The van der Waals surface area contributed by atoms with Gasteiger partial charge >= 0.3 is 18.4 Å². The van der Waals surface area contributed by atoms with Crippen LogP contribution in [-0.4, -0.2) is 94.9 Å². The summed E-state index contributed by atoms with van der Waals surface area (Å²) in [5, 5.41) is 5.08. The highest BCUT2D eigenvalue weighted by Crippen LogP contribution is 2.48. The van der Waals surface area contributed by atoms with Crippen LogP contribution in [0.5, 0.6) is 0 Å². The summed E-state index contributed by atoms with van der Waals surface area (Å²) in [6.45, 7) is 6.07. The fourth-order valence-corrected chi connectivity index (χ4v) is 9.30. The molecular weight excluding hydrogens is 791 g/mol. The van der Waals surface area contributed by atoms with E-state index in [0.717, 1.165) is 4.90 Å². The molecule has 0 bridgehead atoms. The molecule has 1 aromatic carbocycles. The van der Waals surface area contributed by atoms with Crippen molar-refractivity contribution in [2.45, 2.75) is 139 Å². The molecule has 0 radical (unpaired) electrons. The zero-order valence-corrected chi connectivity index (χ0v) is 33.9. The summed E-state index contributed by atoms with van der Waals surface area (Å²) in [7, 11) is -4.11. The first kappa shape index (κ1) is 43.2. The Hall–Kier alpha value is -4.42. The molecule has 0 spiro atoms. The molecule has 320 valence electrons. The third kappa shape index (κ3) is 8.64. The van der Waals surface area contributed by atoms with Gasteiger partial charge in [0.2, 0.25) is 27.4 Å². The van der Waals surface area contributed by atoms with Crippen molar-refractivity contribution < 1.29 is 59.4 Å². The van der Waals surface area contributed by atoms with E-state index in [1.54, 1.807) is 19.1 Å². The normalized spacial score (nSPS) is 30.4. The van der Waals surface area contributed by atoms with Gasteiger partial charge in [0.1, 0.15) is 29.5 Å². The Kier molecular flexibility index (Phi) is 11.6. The molecule has 2 aliphatic carbocycles. The molecular formula is C39H51F4N5O9S. The lowest BCUT2D eigenvalue weighted by Crippen LogP contribution is -2.60. The lowest BCUT2D eigenvalue weighted by atomic mass is 9.85. The first-order chi connectivity index (χ1) is 27.0. The number of alkyl halides is 3. The maximum Gasteiger partial charge on any atom is 0.427 e. The molecule has 58 heavy (non-hydrogen) atoms. The summed E-state index contributed by atoms with van der Waals surface area (Å²) >= 11 is 0. The third-order valence-electron chi connectivity index (χ3n) is 12.4. The van der Waals surface area contributed by atoms with E-state index >= 15 is 0 Å². The largest absolute Gasteiger partial charge is 0.444 e. The highest BCUT2D eigenvalue weighted by Gasteiger charge is 2.63. The average molecular weight is 842 g/mol. The SMILES string of the molecule is CC[C@@H]1C[C@H](C)CC/C=C\[C@@H]2C[C@@]2(C(=O)NS(=O)(=O)C2(C)CC2)NC(=O)[C@@H]2C[C@@H](OC(=O)N3Cc4cccc(F)c4C3)CN2C(=O)[C@H]1NC(=O)OC(C)(C)C(F)(F)F. The predicted molar refractivity (Wildman–Crippen MR) is 199 cm³/mol. The highest BCUT2D eigenvalue weighted by molar-refractivity contribution is 7.91. The summed E-state index contributed by atoms with van der Waals surface area (Å²) < 4.78 is 93.6. The molecule has 0 aromatic heterocycles. The monoisotopic (exact) mass is 841 g/mol. The van der Waals surface area contributed by atoms with E-state index in [2.05, 4.69) is 15.4 Å². The molecule has 1 aromatic rings. The molecule has 2 saturated carbocycles. The van der Waals surface area contributed by atoms with Gasteiger partial charge in [0.25, 0.3) is 5.91 Å². The molecule has 3 heterocycles. The summed E-state index contributed by atoms with van der Waals surface area (Å²) in [6, 6.07) is 1.50. The molecule has 5 amide bonds. The van der Waals surface area contributed by atoms with Gasteiger partial charge in [-0.1, -0.05) is 44.6 Å². The molecule has 7 atom stereocenters. The Morgan fingerprint density at radius 1 is 1.09 bits per heavy atom. The number of carbonyl (C=O) groups is 5. The summed E-state index contributed by atoms with van der Waals surface area (Å²) in [5.41, 5.74) is -3.73. The fraction of sp³-hybridized carbons (Fsp3) is 0.667. The number of hydrogen-bond donors (Lipinski definition) is 3. The minimum absolute atomic E-state index is 0.0401. The number of ether oxygens (including phenoxy) is 2. The topological polar surface area (TPSA) is 181 Å².